The van der Waals surface area contributed by atoms with E-state index in [9.17, 15) is 4.79 Å². The minimum absolute atomic E-state index is 0.00898. The summed E-state index contributed by atoms with van der Waals surface area (Å²) in [6.45, 7) is 6.76. The normalized spacial score (nSPS) is 33.5. The molecule has 2 saturated carbocycles. The molecule has 3 rings (SSSR count). The van der Waals surface area contributed by atoms with E-state index in [4.69, 9.17) is 16.3 Å². The minimum atomic E-state index is 0.00898. The van der Waals surface area contributed by atoms with Gasteiger partial charge in [0.2, 0.25) is 0 Å². The maximum Gasteiger partial charge on any atom is 0.309 e. The standard InChI is InChI=1S/C20H27ClO2/c1-12(2)16-9-4-13(3)10-19(16)23-20(22)18-11-17(18)14-5-7-15(21)8-6-14/h5-8,12-13,16-19H,4,9-11H2,1-3H3/t13-,16+,17+,18+,19-/m1/s1. The van der Waals surface area contributed by atoms with E-state index < -0.39 is 0 Å². The molecule has 1 aromatic rings. The monoisotopic (exact) mass is 334 g/mol. The fourth-order valence-electron chi connectivity index (χ4n) is 4.02. The van der Waals surface area contributed by atoms with E-state index in [0.29, 0.717) is 23.7 Å². The largest absolute Gasteiger partial charge is 0.462 e. The predicted molar refractivity (Wildman–Crippen MR) is 93.5 cm³/mol. The lowest BCUT2D eigenvalue weighted by Gasteiger charge is -2.36. The summed E-state index contributed by atoms with van der Waals surface area (Å²) in [6, 6.07) is 7.85. The Bertz CT molecular complexity index is 551. The van der Waals surface area contributed by atoms with Crippen LogP contribution < -0.4 is 0 Å². The maximum atomic E-state index is 12.6. The number of hydrogen-bond acceptors (Lipinski definition) is 2. The van der Waals surface area contributed by atoms with Crippen LogP contribution in [0, 0.1) is 23.7 Å². The molecule has 1 aromatic carbocycles. The average molecular weight is 335 g/mol. The van der Waals surface area contributed by atoms with Gasteiger partial charge in [0, 0.05) is 5.02 Å². The number of benzene rings is 1. The molecule has 23 heavy (non-hydrogen) atoms. The zero-order valence-corrected chi connectivity index (χ0v) is 15.1. The fourth-order valence-corrected chi connectivity index (χ4v) is 4.15. The zero-order valence-electron chi connectivity index (χ0n) is 14.3. The first kappa shape index (κ1) is 16.8. The molecular formula is C20H27ClO2. The van der Waals surface area contributed by atoms with Crippen LogP contribution in [0.3, 0.4) is 0 Å². The van der Waals surface area contributed by atoms with Crippen molar-refractivity contribution in [2.45, 2.75) is 58.5 Å². The topological polar surface area (TPSA) is 26.3 Å². The molecule has 2 fully saturated rings. The highest BCUT2D eigenvalue weighted by Gasteiger charge is 2.46. The zero-order chi connectivity index (χ0) is 16.6. The summed E-state index contributed by atoms with van der Waals surface area (Å²) in [5, 5.41) is 0.740. The number of hydrogen-bond donors (Lipinski definition) is 0. The molecule has 2 aliphatic carbocycles. The quantitative estimate of drug-likeness (QED) is 0.684. The van der Waals surface area contributed by atoms with E-state index in [2.05, 4.69) is 20.8 Å². The Morgan fingerprint density at radius 3 is 2.52 bits per heavy atom. The maximum absolute atomic E-state index is 12.6. The summed E-state index contributed by atoms with van der Waals surface area (Å²) >= 11 is 5.93. The Morgan fingerprint density at radius 1 is 1.17 bits per heavy atom. The molecule has 0 spiro atoms. The van der Waals surface area contributed by atoms with Crippen molar-refractivity contribution in [1.82, 2.24) is 0 Å². The first-order valence-corrected chi connectivity index (χ1v) is 9.29. The number of ether oxygens (including phenoxy) is 1. The highest BCUT2D eigenvalue weighted by molar-refractivity contribution is 6.30. The van der Waals surface area contributed by atoms with Crippen molar-refractivity contribution in [2.24, 2.45) is 23.7 Å². The summed E-state index contributed by atoms with van der Waals surface area (Å²) in [6.07, 6.45) is 4.48. The Hall–Kier alpha value is -1.02. The second kappa shape index (κ2) is 6.84. The molecule has 0 unspecified atom stereocenters. The van der Waals surface area contributed by atoms with Crippen molar-refractivity contribution in [3.63, 3.8) is 0 Å². The van der Waals surface area contributed by atoms with Crippen molar-refractivity contribution < 1.29 is 9.53 Å². The van der Waals surface area contributed by atoms with Crippen LogP contribution in [0.1, 0.15) is 57.9 Å². The molecule has 0 radical (unpaired) electrons. The Kier molecular flexibility index (Phi) is 5.01. The van der Waals surface area contributed by atoms with Crippen molar-refractivity contribution in [3.05, 3.63) is 34.9 Å². The van der Waals surface area contributed by atoms with Crippen molar-refractivity contribution in [1.29, 1.82) is 0 Å². The summed E-state index contributed by atoms with van der Waals surface area (Å²) < 4.78 is 5.97. The van der Waals surface area contributed by atoms with Gasteiger partial charge in [0.1, 0.15) is 6.10 Å². The lowest BCUT2D eigenvalue weighted by atomic mass is 9.75. The lowest BCUT2D eigenvalue weighted by Crippen LogP contribution is -2.36. The van der Waals surface area contributed by atoms with Gasteiger partial charge in [-0.25, -0.2) is 0 Å². The van der Waals surface area contributed by atoms with Crippen LogP contribution in [0.4, 0.5) is 0 Å². The molecule has 0 N–H and O–H groups in total. The molecular weight excluding hydrogens is 308 g/mol. The minimum Gasteiger partial charge on any atom is -0.462 e. The molecule has 2 aliphatic rings. The molecule has 2 nitrogen and oxygen atoms in total. The number of halogens is 1. The van der Waals surface area contributed by atoms with E-state index in [1.165, 1.54) is 18.4 Å². The van der Waals surface area contributed by atoms with Gasteiger partial charge in [-0.3, -0.25) is 4.79 Å². The van der Waals surface area contributed by atoms with Crippen LogP contribution >= 0.6 is 11.6 Å². The molecule has 5 atom stereocenters. The molecule has 0 aliphatic heterocycles. The summed E-state index contributed by atoms with van der Waals surface area (Å²) in [7, 11) is 0. The average Bonchev–Trinajstić information content (AvgIpc) is 3.28. The SMILES string of the molecule is CC(C)[C@@H]1CC[C@@H](C)C[C@H]1OC(=O)[C@H]1C[C@H]1c1ccc(Cl)cc1. The van der Waals surface area contributed by atoms with Gasteiger partial charge in [-0.1, -0.05) is 50.9 Å². The van der Waals surface area contributed by atoms with Crippen molar-refractivity contribution in [2.75, 3.05) is 0 Å². The Labute approximate surface area is 144 Å². The van der Waals surface area contributed by atoms with Crippen LogP contribution in [0.15, 0.2) is 24.3 Å². The molecule has 0 aromatic heterocycles. The molecule has 3 heteroatoms. The van der Waals surface area contributed by atoms with E-state index in [-0.39, 0.29) is 18.0 Å². The first-order chi connectivity index (χ1) is 11.0. The molecule has 126 valence electrons. The van der Waals surface area contributed by atoms with Gasteiger partial charge in [-0.15, -0.1) is 0 Å². The smallest absolute Gasteiger partial charge is 0.309 e. The van der Waals surface area contributed by atoms with Gasteiger partial charge in [-0.2, -0.15) is 0 Å². The third-order valence-corrected chi connectivity index (χ3v) is 5.87. The van der Waals surface area contributed by atoms with Crippen LogP contribution in [0.5, 0.6) is 0 Å². The summed E-state index contributed by atoms with van der Waals surface area (Å²) in [4.78, 5) is 12.6. The number of carbonyl (C=O) groups is 1. The second-order valence-electron chi connectivity index (χ2n) is 7.80. The molecule has 0 heterocycles. The van der Waals surface area contributed by atoms with Gasteiger partial charge < -0.3 is 4.74 Å². The number of carbonyl (C=O) groups excluding carboxylic acids is 1. The van der Waals surface area contributed by atoms with Crippen molar-refractivity contribution >= 4 is 17.6 Å². The molecule has 0 amide bonds. The summed E-state index contributed by atoms with van der Waals surface area (Å²) in [5.74, 6) is 2.12. The van der Waals surface area contributed by atoms with Crippen LogP contribution in [-0.2, 0) is 9.53 Å². The lowest BCUT2D eigenvalue weighted by molar-refractivity contribution is -0.157. The highest BCUT2D eigenvalue weighted by atomic mass is 35.5. The van der Waals surface area contributed by atoms with E-state index in [1.54, 1.807) is 0 Å². The second-order valence-corrected chi connectivity index (χ2v) is 8.24. The Balaban J connectivity index is 1.59. The van der Waals surface area contributed by atoms with Gasteiger partial charge in [-0.05, 0) is 60.6 Å². The van der Waals surface area contributed by atoms with Gasteiger partial charge in [0.15, 0.2) is 0 Å². The van der Waals surface area contributed by atoms with Crippen LogP contribution in [0.2, 0.25) is 5.02 Å². The van der Waals surface area contributed by atoms with Gasteiger partial charge >= 0.3 is 5.97 Å². The first-order valence-electron chi connectivity index (χ1n) is 8.91. The predicted octanol–water partition coefficient (Wildman–Crippen LogP) is 5.45. The van der Waals surface area contributed by atoms with Gasteiger partial charge in [0.25, 0.3) is 0 Å². The van der Waals surface area contributed by atoms with Crippen LogP contribution in [0.25, 0.3) is 0 Å². The van der Waals surface area contributed by atoms with E-state index in [1.807, 2.05) is 24.3 Å². The number of esters is 1. The number of rotatable bonds is 4. The van der Waals surface area contributed by atoms with Crippen LogP contribution in [-0.4, -0.2) is 12.1 Å². The van der Waals surface area contributed by atoms with E-state index >= 15 is 0 Å². The fraction of sp³-hybridized carbons (Fsp3) is 0.650. The van der Waals surface area contributed by atoms with Gasteiger partial charge in [0.05, 0.1) is 5.92 Å². The third kappa shape index (κ3) is 3.91. The molecule has 0 saturated heterocycles. The van der Waals surface area contributed by atoms with Crippen molar-refractivity contribution in [3.8, 4) is 0 Å². The highest BCUT2D eigenvalue weighted by Crippen LogP contribution is 2.49. The molecule has 0 bridgehead atoms. The Morgan fingerprint density at radius 2 is 1.87 bits per heavy atom. The van der Waals surface area contributed by atoms with E-state index in [0.717, 1.165) is 17.9 Å². The third-order valence-electron chi connectivity index (χ3n) is 5.62. The summed E-state index contributed by atoms with van der Waals surface area (Å²) in [5.41, 5.74) is 1.20.